The smallest absolute Gasteiger partial charge is 0.374 e. The van der Waals surface area contributed by atoms with E-state index in [-0.39, 0.29) is 5.24 Å². The number of hydrogen-bond acceptors (Lipinski definition) is 8. The van der Waals surface area contributed by atoms with Crippen LogP contribution in [-0.2, 0) is 31.4 Å². The van der Waals surface area contributed by atoms with Crippen molar-refractivity contribution in [3.8, 4) is 0 Å². The van der Waals surface area contributed by atoms with Gasteiger partial charge in [-0.25, -0.2) is 0 Å². The quantitative estimate of drug-likeness (QED) is 0.131. The first-order valence-electron chi connectivity index (χ1n) is 12.6. The molecule has 0 saturated heterocycles. The van der Waals surface area contributed by atoms with Gasteiger partial charge in [-0.05, 0) is 92.0 Å². The zero-order valence-electron chi connectivity index (χ0n) is 21.8. The molecule has 0 unspecified atom stereocenters. The lowest BCUT2D eigenvalue weighted by Crippen LogP contribution is -2.47. The molecule has 0 fully saturated rings. The Kier molecular flexibility index (Phi) is 20.4. The van der Waals surface area contributed by atoms with E-state index in [1.165, 1.54) is 0 Å². The van der Waals surface area contributed by atoms with Crippen molar-refractivity contribution in [3.63, 3.8) is 0 Å². The molecule has 33 heavy (non-hydrogen) atoms. The van der Waals surface area contributed by atoms with Crippen LogP contribution >= 0.6 is 11.6 Å². The number of hydrogen-bond donors (Lipinski definition) is 0. The van der Waals surface area contributed by atoms with E-state index in [0.29, 0.717) is 46.1 Å². The van der Waals surface area contributed by atoms with Crippen LogP contribution in [0.25, 0.3) is 0 Å². The highest BCUT2D eigenvalue weighted by Gasteiger charge is 2.41. The molecule has 0 rings (SSSR count). The van der Waals surface area contributed by atoms with Gasteiger partial charge in [0.2, 0.25) is 5.24 Å². The van der Waals surface area contributed by atoms with Gasteiger partial charge in [-0.15, -0.1) is 0 Å². The van der Waals surface area contributed by atoms with Crippen LogP contribution in [0.2, 0.25) is 12.1 Å². The van der Waals surface area contributed by atoms with Crippen LogP contribution in [0.3, 0.4) is 0 Å². The summed E-state index contributed by atoms with van der Waals surface area (Å²) in [5.41, 5.74) is 0. The van der Waals surface area contributed by atoms with E-state index in [0.717, 1.165) is 51.0 Å². The molecule has 0 amide bonds. The summed E-state index contributed by atoms with van der Waals surface area (Å²) < 4.78 is 35.9. The largest absolute Gasteiger partial charge is 0.500 e. The molecule has 8 nitrogen and oxygen atoms in total. The molecule has 0 aromatic carbocycles. The van der Waals surface area contributed by atoms with Crippen LogP contribution in [0.1, 0.15) is 67.2 Å². The average Bonchev–Trinajstić information content (AvgIpc) is 2.74. The Hall–Kier alpha value is 0.114. The van der Waals surface area contributed by atoms with Gasteiger partial charge in [-0.1, -0.05) is 0 Å². The summed E-state index contributed by atoms with van der Waals surface area (Å²) in [7, 11) is -5.32. The van der Waals surface area contributed by atoms with E-state index >= 15 is 0 Å². The second-order valence-corrected chi connectivity index (χ2v) is 13.4. The summed E-state index contributed by atoms with van der Waals surface area (Å²) >= 11 is 5.55. The van der Waals surface area contributed by atoms with E-state index in [1.807, 2.05) is 41.5 Å². The highest BCUT2D eigenvalue weighted by atomic mass is 35.5. The third-order valence-corrected chi connectivity index (χ3v) is 11.4. The zero-order valence-corrected chi connectivity index (χ0v) is 24.5. The summed E-state index contributed by atoms with van der Waals surface area (Å²) in [4.78, 5) is 13.6. The number of carbonyl (C=O) groups excluding carboxylic acids is 1. The number of halogens is 1. The Balaban J connectivity index is 5.03. The molecular weight excluding hydrogens is 482 g/mol. The summed E-state index contributed by atoms with van der Waals surface area (Å²) in [5, 5.41) is -0.291. The standard InChI is InChI=1S/C22H48ClNO7Si2/c1-7-26-32(27-8-2,28-9-3)20-14-18-24(17-13-16-22(23)25)19-15-21-33(29-10-4,30-11-5)31-12-6/h7-21H2,1-6H3. The monoisotopic (exact) mass is 529 g/mol. The van der Waals surface area contributed by atoms with Gasteiger partial charge in [-0.2, -0.15) is 0 Å². The van der Waals surface area contributed by atoms with Gasteiger partial charge in [-0.3, -0.25) is 4.79 Å². The topological polar surface area (TPSA) is 75.7 Å². The van der Waals surface area contributed by atoms with Gasteiger partial charge in [0.15, 0.2) is 0 Å². The van der Waals surface area contributed by atoms with Gasteiger partial charge in [0, 0.05) is 58.2 Å². The third kappa shape index (κ3) is 15.0. The SMILES string of the molecule is CCO[Si](CCCN(CCCC(=O)Cl)CCC[Si](OCC)(OCC)OCC)(OCC)OCC. The summed E-state index contributed by atoms with van der Waals surface area (Å²) in [6.07, 6.45) is 2.90. The van der Waals surface area contributed by atoms with Crippen LogP contribution in [0.5, 0.6) is 0 Å². The Morgan fingerprint density at radius 2 is 0.909 bits per heavy atom. The molecule has 198 valence electrons. The Morgan fingerprint density at radius 3 is 1.18 bits per heavy atom. The highest BCUT2D eigenvalue weighted by molar-refractivity contribution is 6.63. The minimum absolute atomic E-state index is 0.291. The maximum atomic E-state index is 11.2. The van der Waals surface area contributed by atoms with Crippen LogP contribution in [0.4, 0.5) is 0 Å². The molecule has 0 aliphatic rings. The minimum atomic E-state index is -2.66. The van der Waals surface area contributed by atoms with Gasteiger partial charge in [0.1, 0.15) is 0 Å². The lowest BCUT2D eigenvalue weighted by molar-refractivity contribution is -0.111. The van der Waals surface area contributed by atoms with Crippen LogP contribution in [0, 0.1) is 0 Å². The maximum absolute atomic E-state index is 11.2. The molecule has 0 bridgehead atoms. The van der Waals surface area contributed by atoms with E-state index < -0.39 is 17.6 Å². The van der Waals surface area contributed by atoms with E-state index in [4.69, 9.17) is 38.2 Å². The lowest BCUT2D eigenvalue weighted by atomic mass is 10.3. The molecule has 0 N–H and O–H groups in total. The Labute approximate surface area is 209 Å². The zero-order chi connectivity index (χ0) is 25.0. The molecule has 0 aliphatic heterocycles. The molecule has 0 aliphatic carbocycles. The molecule has 0 saturated carbocycles. The van der Waals surface area contributed by atoms with Gasteiger partial charge >= 0.3 is 17.6 Å². The van der Waals surface area contributed by atoms with Crippen LogP contribution in [0.15, 0.2) is 0 Å². The number of carbonyl (C=O) groups is 1. The number of rotatable bonds is 24. The average molecular weight is 530 g/mol. The molecule has 0 atom stereocenters. The molecular formula is C22H48ClNO7Si2. The first-order chi connectivity index (χ1) is 15.9. The molecule has 0 aromatic rings. The maximum Gasteiger partial charge on any atom is 0.500 e. The molecule has 0 heterocycles. The predicted molar refractivity (Wildman–Crippen MR) is 137 cm³/mol. The fourth-order valence-corrected chi connectivity index (χ4v) is 9.14. The Morgan fingerprint density at radius 1 is 0.606 bits per heavy atom. The highest BCUT2D eigenvalue weighted by Crippen LogP contribution is 2.21. The van der Waals surface area contributed by atoms with E-state index in [9.17, 15) is 4.79 Å². The van der Waals surface area contributed by atoms with Gasteiger partial charge < -0.3 is 31.5 Å². The van der Waals surface area contributed by atoms with Crippen molar-refractivity contribution in [3.05, 3.63) is 0 Å². The first kappa shape index (κ1) is 33.1. The minimum Gasteiger partial charge on any atom is -0.374 e. The predicted octanol–water partition coefficient (Wildman–Crippen LogP) is 4.71. The Bertz CT molecular complexity index is 426. The van der Waals surface area contributed by atoms with Crippen molar-refractivity contribution in [2.75, 3.05) is 59.3 Å². The van der Waals surface area contributed by atoms with E-state index in [1.54, 1.807) is 0 Å². The van der Waals surface area contributed by atoms with Crippen molar-refractivity contribution in [2.45, 2.75) is 79.3 Å². The van der Waals surface area contributed by atoms with Gasteiger partial charge in [0.05, 0.1) is 0 Å². The second-order valence-electron chi connectivity index (χ2n) is 7.47. The van der Waals surface area contributed by atoms with Crippen molar-refractivity contribution in [1.29, 1.82) is 0 Å². The van der Waals surface area contributed by atoms with Crippen LogP contribution in [-0.4, -0.2) is 87.0 Å². The van der Waals surface area contributed by atoms with Gasteiger partial charge in [0.25, 0.3) is 0 Å². The fraction of sp³-hybridized carbons (Fsp3) is 0.955. The fourth-order valence-electron chi connectivity index (χ4n) is 3.82. The van der Waals surface area contributed by atoms with Crippen molar-refractivity contribution < 1.29 is 31.4 Å². The van der Waals surface area contributed by atoms with Crippen molar-refractivity contribution in [1.82, 2.24) is 4.90 Å². The normalized spacial score (nSPS) is 12.6. The lowest BCUT2D eigenvalue weighted by Gasteiger charge is -2.31. The molecule has 0 aromatic heterocycles. The third-order valence-electron chi connectivity index (χ3n) is 4.95. The summed E-state index contributed by atoms with van der Waals surface area (Å²) in [5.74, 6) is 0. The first-order valence-corrected chi connectivity index (χ1v) is 16.8. The van der Waals surface area contributed by atoms with Crippen LogP contribution < -0.4 is 0 Å². The summed E-state index contributed by atoms with van der Waals surface area (Å²) in [6, 6.07) is 1.53. The molecule has 0 spiro atoms. The molecule has 0 radical (unpaired) electrons. The summed E-state index contributed by atoms with van der Waals surface area (Å²) in [6.45, 7) is 17.8. The van der Waals surface area contributed by atoms with E-state index in [2.05, 4.69) is 4.90 Å². The number of nitrogens with zero attached hydrogens (tertiary/aromatic N) is 1. The second kappa shape index (κ2) is 20.3. The van der Waals surface area contributed by atoms with Crippen molar-refractivity contribution >= 4 is 34.5 Å². The molecule has 11 heteroatoms. The van der Waals surface area contributed by atoms with Crippen molar-refractivity contribution in [2.24, 2.45) is 0 Å².